The fourth-order valence-corrected chi connectivity index (χ4v) is 2.14. The normalized spacial score (nSPS) is 15.7. The topological polar surface area (TPSA) is 26.0 Å². The summed E-state index contributed by atoms with van der Waals surface area (Å²) in [6.45, 7) is 8.89. The van der Waals surface area contributed by atoms with E-state index in [1.165, 1.54) is 5.56 Å². The van der Waals surface area contributed by atoms with Crippen LogP contribution in [0, 0.1) is 11.8 Å². The van der Waals surface area contributed by atoms with Crippen molar-refractivity contribution in [2.45, 2.75) is 39.7 Å². The molecule has 2 N–H and O–H groups in total. The lowest BCUT2D eigenvalue weighted by Crippen LogP contribution is -2.36. The van der Waals surface area contributed by atoms with Crippen LogP contribution in [0.4, 0.5) is 0 Å². The standard InChI is InChI=1S/C14H23N/c1-10(2)13(14(15)11(3)4)12-8-6-5-7-9-12/h5-11,13-14H,15H2,1-4H3. The Balaban J connectivity index is 2.93. The zero-order valence-electron chi connectivity index (χ0n) is 10.3. The average Bonchev–Trinajstić information content (AvgIpc) is 2.18. The smallest absolute Gasteiger partial charge is 0.0133 e. The van der Waals surface area contributed by atoms with Gasteiger partial charge < -0.3 is 5.73 Å². The second-order valence-electron chi connectivity index (χ2n) is 5.00. The highest BCUT2D eigenvalue weighted by Gasteiger charge is 2.24. The predicted octanol–water partition coefficient (Wildman–Crippen LogP) is 3.41. The van der Waals surface area contributed by atoms with E-state index >= 15 is 0 Å². The molecule has 1 aromatic carbocycles. The number of hydrogen-bond acceptors (Lipinski definition) is 1. The number of benzene rings is 1. The maximum absolute atomic E-state index is 6.29. The molecule has 0 bridgehead atoms. The van der Waals surface area contributed by atoms with E-state index in [1.807, 2.05) is 0 Å². The van der Waals surface area contributed by atoms with Crippen LogP contribution in [0.5, 0.6) is 0 Å². The lowest BCUT2D eigenvalue weighted by atomic mass is 9.78. The van der Waals surface area contributed by atoms with Gasteiger partial charge in [0.05, 0.1) is 0 Å². The van der Waals surface area contributed by atoms with Crippen LogP contribution in [0.3, 0.4) is 0 Å². The Labute approximate surface area is 93.7 Å². The summed E-state index contributed by atoms with van der Waals surface area (Å²) in [7, 11) is 0. The van der Waals surface area contributed by atoms with Crippen molar-refractivity contribution >= 4 is 0 Å². The van der Waals surface area contributed by atoms with Gasteiger partial charge in [-0.25, -0.2) is 0 Å². The molecule has 1 rings (SSSR count). The van der Waals surface area contributed by atoms with Gasteiger partial charge >= 0.3 is 0 Å². The molecule has 1 aromatic rings. The van der Waals surface area contributed by atoms with E-state index in [4.69, 9.17) is 5.73 Å². The van der Waals surface area contributed by atoms with E-state index < -0.39 is 0 Å². The van der Waals surface area contributed by atoms with E-state index in [9.17, 15) is 0 Å². The Bertz CT molecular complexity index is 277. The summed E-state index contributed by atoms with van der Waals surface area (Å²) in [5.74, 6) is 1.58. The summed E-state index contributed by atoms with van der Waals surface area (Å²) in [4.78, 5) is 0. The van der Waals surface area contributed by atoms with Crippen molar-refractivity contribution in [1.82, 2.24) is 0 Å². The van der Waals surface area contributed by atoms with Gasteiger partial charge in [-0.05, 0) is 17.4 Å². The average molecular weight is 205 g/mol. The van der Waals surface area contributed by atoms with Gasteiger partial charge in [-0.2, -0.15) is 0 Å². The molecule has 0 aliphatic heterocycles. The van der Waals surface area contributed by atoms with Gasteiger partial charge in [-0.15, -0.1) is 0 Å². The quantitative estimate of drug-likeness (QED) is 0.801. The second kappa shape index (κ2) is 5.32. The van der Waals surface area contributed by atoms with Gasteiger partial charge in [0, 0.05) is 12.0 Å². The molecule has 0 saturated heterocycles. The third-order valence-electron chi connectivity index (χ3n) is 3.09. The first kappa shape index (κ1) is 12.3. The van der Waals surface area contributed by atoms with Crippen molar-refractivity contribution in [1.29, 1.82) is 0 Å². The molecule has 1 heteroatoms. The number of hydrogen-bond donors (Lipinski definition) is 1. The Morgan fingerprint density at radius 1 is 0.867 bits per heavy atom. The number of rotatable bonds is 4. The molecule has 2 unspecified atom stereocenters. The minimum atomic E-state index is 0.243. The fraction of sp³-hybridized carbons (Fsp3) is 0.571. The summed E-state index contributed by atoms with van der Waals surface area (Å²) in [5, 5.41) is 0. The van der Waals surface area contributed by atoms with Gasteiger partial charge in [-0.1, -0.05) is 58.0 Å². The third kappa shape index (κ3) is 3.07. The molecule has 0 fully saturated rings. The first-order chi connectivity index (χ1) is 7.04. The van der Waals surface area contributed by atoms with Gasteiger partial charge in [0.15, 0.2) is 0 Å². The van der Waals surface area contributed by atoms with Crippen LogP contribution >= 0.6 is 0 Å². The molecule has 0 heterocycles. The molecule has 0 aliphatic carbocycles. The zero-order valence-corrected chi connectivity index (χ0v) is 10.3. The molecule has 84 valence electrons. The van der Waals surface area contributed by atoms with Gasteiger partial charge in [0.2, 0.25) is 0 Å². The summed E-state index contributed by atoms with van der Waals surface area (Å²) in [6, 6.07) is 10.9. The third-order valence-corrected chi connectivity index (χ3v) is 3.09. The number of nitrogens with two attached hydrogens (primary N) is 1. The van der Waals surface area contributed by atoms with Crippen LogP contribution in [0.2, 0.25) is 0 Å². The lowest BCUT2D eigenvalue weighted by molar-refractivity contribution is 0.347. The van der Waals surface area contributed by atoms with E-state index in [1.54, 1.807) is 0 Å². The molecule has 0 aliphatic rings. The van der Waals surface area contributed by atoms with E-state index in [0.717, 1.165) is 0 Å². The van der Waals surface area contributed by atoms with Crippen LogP contribution in [0.25, 0.3) is 0 Å². The monoisotopic (exact) mass is 205 g/mol. The van der Waals surface area contributed by atoms with Crippen molar-refractivity contribution in [3.05, 3.63) is 35.9 Å². The second-order valence-corrected chi connectivity index (χ2v) is 5.00. The zero-order chi connectivity index (χ0) is 11.4. The molecular weight excluding hydrogens is 182 g/mol. The first-order valence-corrected chi connectivity index (χ1v) is 5.84. The van der Waals surface area contributed by atoms with Crippen molar-refractivity contribution in [3.63, 3.8) is 0 Å². The van der Waals surface area contributed by atoms with E-state index in [0.29, 0.717) is 17.8 Å². The summed E-state index contributed by atoms with van der Waals surface area (Å²) in [5.41, 5.74) is 7.66. The molecular formula is C14H23N. The van der Waals surface area contributed by atoms with Crippen LogP contribution < -0.4 is 5.73 Å². The highest BCUT2D eigenvalue weighted by molar-refractivity contribution is 5.22. The summed E-state index contributed by atoms with van der Waals surface area (Å²) < 4.78 is 0. The van der Waals surface area contributed by atoms with Gasteiger partial charge in [0.1, 0.15) is 0 Å². The minimum absolute atomic E-state index is 0.243. The molecule has 0 radical (unpaired) electrons. The van der Waals surface area contributed by atoms with Gasteiger partial charge in [0.25, 0.3) is 0 Å². The highest BCUT2D eigenvalue weighted by atomic mass is 14.7. The minimum Gasteiger partial charge on any atom is -0.327 e. The Kier molecular flexibility index (Phi) is 4.34. The summed E-state index contributed by atoms with van der Waals surface area (Å²) >= 11 is 0. The largest absolute Gasteiger partial charge is 0.327 e. The maximum atomic E-state index is 6.29. The Hall–Kier alpha value is -0.820. The Morgan fingerprint density at radius 3 is 1.80 bits per heavy atom. The SMILES string of the molecule is CC(C)C(N)C(c1ccccc1)C(C)C. The Morgan fingerprint density at radius 2 is 1.40 bits per heavy atom. The molecule has 1 nitrogen and oxygen atoms in total. The summed E-state index contributed by atoms with van der Waals surface area (Å²) in [6.07, 6.45) is 0. The van der Waals surface area contributed by atoms with E-state index in [-0.39, 0.29) is 6.04 Å². The molecule has 0 saturated carbocycles. The maximum Gasteiger partial charge on any atom is 0.0133 e. The highest BCUT2D eigenvalue weighted by Crippen LogP contribution is 2.29. The molecule has 0 spiro atoms. The van der Waals surface area contributed by atoms with E-state index in [2.05, 4.69) is 58.0 Å². The predicted molar refractivity (Wildman–Crippen MR) is 66.8 cm³/mol. The molecule has 15 heavy (non-hydrogen) atoms. The van der Waals surface area contributed by atoms with Crippen molar-refractivity contribution in [2.24, 2.45) is 17.6 Å². The van der Waals surface area contributed by atoms with Crippen LogP contribution in [-0.4, -0.2) is 6.04 Å². The van der Waals surface area contributed by atoms with Crippen molar-refractivity contribution in [3.8, 4) is 0 Å². The van der Waals surface area contributed by atoms with Gasteiger partial charge in [-0.3, -0.25) is 0 Å². The first-order valence-electron chi connectivity index (χ1n) is 5.84. The van der Waals surface area contributed by atoms with Crippen LogP contribution in [-0.2, 0) is 0 Å². The van der Waals surface area contributed by atoms with Crippen LogP contribution in [0.15, 0.2) is 30.3 Å². The fourth-order valence-electron chi connectivity index (χ4n) is 2.14. The van der Waals surface area contributed by atoms with Crippen LogP contribution in [0.1, 0.15) is 39.2 Å². The van der Waals surface area contributed by atoms with Crippen molar-refractivity contribution in [2.75, 3.05) is 0 Å². The molecule has 0 aromatic heterocycles. The van der Waals surface area contributed by atoms with Crippen molar-refractivity contribution < 1.29 is 0 Å². The molecule has 0 amide bonds. The molecule has 2 atom stereocenters. The lowest BCUT2D eigenvalue weighted by Gasteiger charge is -2.30.